The van der Waals surface area contributed by atoms with Crippen LogP contribution in [0.15, 0.2) is 18.2 Å². The quantitative estimate of drug-likeness (QED) is 0.813. The van der Waals surface area contributed by atoms with Crippen LogP contribution in [0.1, 0.15) is 21.7 Å². The SMILES string of the molecule is COc1cc(C(=O)c2cc(C)nn2C)c(F)cc1Cl. The summed E-state index contributed by atoms with van der Waals surface area (Å²) in [6.45, 7) is 1.76. The predicted molar refractivity (Wildman–Crippen MR) is 69.3 cm³/mol. The summed E-state index contributed by atoms with van der Waals surface area (Å²) in [5.41, 5.74) is 0.900. The van der Waals surface area contributed by atoms with E-state index in [9.17, 15) is 9.18 Å². The fraction of sp³-hybridized carbons (Fsp3) is 0.231. The van der Waals surface area contributed by atoms with Crippen molar-refractivity contribution >= 4 is 17.4 Å². The number of benzene rings is 1. The Balaban J connectivity index is 2.53. The lowest BCUT2D eigenvalue weighted by atomic mass is 10.1. The van der Waals surface area contributed by atoms with E-state index in [4.69, 9.17) is 16.3 Å². The smallest absolute Gasteiger partial charge is 0.214 e. The molecule has 0 radical (unpaired) electrons. The highest BCUT2D eigenvalue weighted by molar-refractivity contribution is 6.32. The number of ketones is 1. The lowest BCUT2D eigenvalue weighted by Gasteiger charge is -2.07. The first-order valence-corrected chi connectivity index (χ1v) is 5.90. The molecule has 0 aliphatic carbocycles. The Kier molecular flexibility index (Phi) is 3.57. The number of methoxy groups -OCH3 is 1. The fourth-order valence-electron chi connectivity index (χ4n) is 1.82. The average molecular weight is 283 g/mol. The zero-order valence-corrected chi connectivity index (χ0v) is 11.5. The van der Waals surface area contributed by atoms with Crippen molar-refractivity contribution in [3.8, 4) is 5.75 Å². The summed E-state index contributed by atoms with van der Waals surface area (Å²) in [5, 5.41) is 4.19. The van der Waals surface area contributed by atoms with Crippen molar-refractivity contribution in [1.82, 2.24) is 9.78 Å². The fourth-order valence-corrected chi connectivity index (χ4v) is 2.05. The lowest BCUT2D eigenvalue weighted by molar-refractivity contribution is 0.102. The maximum Gasteiger partial charge on any atom is 0.214 e. The molecule has 6 heteroatoms. The van der Waals surface area contributed by atoms with E-state index in [-0.39, 0.29) is 16.3 Å². The largest absolute Gasteiger partial charge is 0.495 e. The molecule has 0 amide bonds. The van der Waals surface area contributed by atoms with Gasteiger partial charge in [-0.25, -0.2) is 4.39 Å². The highest BCUT2D eigenvalue weighted by Crippen LogP contribution is 2.28. The molecule has 100 valence electrons. The summed E-state index contributed by atoms with van der Waals surface area (Å²) in [6, 6.07) is 3.96. The van der Waals surface area contributed by atoms with Crippen molar-refractivity contribution in [2.75, 3.05) is 7.11 Å². The van der Waals surface area contributed by atoms with Crippen LogP contribution >= 0.6 is 11.6 Å². The number of aryl methyl sites for hydroxylation is 2. The number of aromatic nitrogens is 2. The molecular weight excluding hydrogens is 271 g/mol. The second-order valence-corrected chi connectivity index (χ2v) is 4.50. The molecule has 0 N–H and O–H groups in total. The van der Waals surface area contributed by atoms with Crippen molar-refractivity contribution in [2.24, 2.45) is 7.05 Å². The first kappa shape index (κ1) is 13.5. The second kappa shape index (κ2) is 5.01. The number of carbonyl (C=O) groups excluding carboxylic acids is 1. The molecule has 0 unspecified atom stereocenters. The molecule has 0 bridgehead atoms. The first-order chi connectivity index (χ1) is 8.93. The van der Waals surface area contributed by atoms with Gasteiger partial charge in [-0.15, -0.1) is 0 Å². The highest BCUT2D eigenvalue weighted by atomic mass is 35.5. The van der Waals surface area contributed by atoms with Gasteiger partial charge in [0.25, 0.3) is 0 Å². The maximum atomic E-state index is 13.9. The maximum absolute atomic E-state index is 13.9. The van der Waals surface area contributed by atoms with E-state index in [2.05, 4.69) is 5.10 Å². The topological polar surface area (TPSA) is 44.1 Å². The normalized spacial score (nSPS) is 10.6. The highest BCUT2D eigenvalue weighted by Gasteiger charge is 2.20. The van der Waals surface area contributed by atoms with Gasteiger partial charge in [0.1, 0.15) is 17.3 Å². The Morgan fingerprint density at radius 3 is 2.63 bits per heavy atom. The van der Waals surface area contributed by atoms with E-state index in [1.54, 1.807) is 20.0 Å². The van der Waals surface area contributed by atoms with E-state index in [1.807, 2.05) is 0 Å². The van der Waals surface area contributed by atoms with Crippen LogP contribution in [-0.4, -0.2) is 22.7 Å². The molecule has 19 heavy (non-hydrogen) atoms. The van der Waals surface area contributed by atoms with Crippen molar-refractivity contribution in [1.29, 1.82) is 0 Å². The lowest BCUT2D eigenvalue weighted by Crippen LogP contribution is -2.10. The van der Waals surface area contributed by atoms with Gasteiger partial charge < -0.3 is 4.74 Å². The molecule has 0 saturated carbocycles. The molecular formula is C13H12ClFN2O2. The molecule has 1 aromatic carbocycles. The molecule has 2 aromatic rings. The van der Waals surface area contributed by atoms with Gasteiger partial charge in [-0.2, -0.15) is 5.10 Å². The average Bonchev–Trinajstić information content (AvgIpc) is 2.68. The minimum absolute atomic E-state index is 0.0933. The van der Waals surface area contributed by atoms with Gasteiger partial charge in [-0.1, -0.05) is 11.6 Å². The summed E-state index contributed by atoms with van der Waals surface area (Å²) in [5.74, 6) is -0.893. The summed E-state index contributed by atoms with van der Waals surface area (Å²) < 4.78 is 20.3. The van der Waals surface area contributed by atoms with Crippen LogP contribution < -0.4 is 4.74 Å². The number of carbonyl (C=O) groups is 1. The molecule has 1 heterocycles. The Morgan fingerprint density at radius 1 is 1.42 bits per heavy atom. The summed E-state index contributed by atoms with van der Waals surface area (Å²) in [4.78, 5) is 12.3. The van der Waals surface area contributed by atoms with Crippen molar-refractivity contribution in [2.45, 2.75) is 6.92 Å². The van der Waals surface area contributed by atoms with E-state index in [0.717, 1.165) is 6.07 Å². The molecule has 2 rings (SSSR count). The van der Waals surface area contributed by atoms with Crippen LogP contribution in [0.25, 0.3) is 0 Å². The first-order valence-electron chi connectivity index (χ1n) is 5.52. The Hall–Kier alpha value is -1.88. The zero-order chi connectivity index (χ0) is 14.2. The molecule has 0 atom stereocenters. The molecule has 0 saturated heterocycles. The third-order valence-electron chi connectivity index (χ3n) is 2.72. The van der Waals surface area contributed by atoms with Gasteiger partial charge in [-0.05, 0) is 25.1 Å². The number of rotatable bonds is 3. The summed E-state index contributed by atoms with van der Waals surface area (Å²) in [6.07, 6.45) is 0. The molecule has 0 aliphatic heterocycles. The van der Waals surface area contributed by atoms with Gasteiger partial charge in [0.2, 0.25) is 5.78 Å². The Morgan fingerprint density at radius 2 is 2.11 bits per heavy atom. The Labute approximate surface area is 114 Å². The van der Waals surface area contributed by atoms with Gasteiger partial charge in [0.05, 0.1) is 23.4 Å². The number of hydrogen-bond acceptors (Lipinski definition) is 3. The van der Waals surface area contributed by atoms with Crippen LogP contribution in [-0.2, 0) is 7.05 Å². The predicted octanol–water partition coefficient (Wildman–Crippen LogP) is 2.76. The van der Waals surface area contributed by atoms with Gasteiger partial charge in [0.15, 0.2) is 0 Å². The standard InChI is InChI=1S/C13H12ClFN2O2/c1-7-4-11(17(2)16-7)13(18)8-5-12(19-3)9(14)6-10(8)15/h4-6H,1-3H3. The summed E-state index contributed by atoms with van der Waals surface area (Å²) >= 11 is 5.79. The van der Waals surface area contributed by atoms with Gasteiger partial charge in [-0.3, -0.25) is 9.48 Å². The molecule has 0 spiro atoms. The van der Waals surface area contributed by atoms with Gasteiger partial charge in [0, 0.05) is 7.05 Å². The van der Waals surface area contributed by atoms with E-state index in [1.165, 1.54) is 17.9 Å². The third-order valence-corrected chi connectivity index (χ3v) is 3.02. The second-order valence-electron chi connectivity index (χ2n) is 4.09. The minimum atomic E-state index is -0.686. The van der Waals surface area contributed by atoms with Crippen LogP contribution in [0, 0.1) is 12.7 Å². The van der Waals surface area contributed by atoms with E-state index >= 15 is 0 Å². The summed E-state index contributed by atoms with van der Waals surface area (Å²) in [7, 11) is 3.03. The van der Waals surface area contributed by atoms with Crippen LogP contribution in [0.2, 0.25) is 5.02 Å². The molecule has 0 fully saturated rings. The number of halogens is 2. The number of ether oxygens (including phenoxy) is 1. The van der Waals surface area contributed by atoms with Crippen LogP contribution in [0.5, 0.6) is 5.75 Å². The number of hydrogen-bond donors (Lipinski definition) is 0. The van der Waals surface area contributed by atoms with Crippen molar-refractivity contribution in [3.05, 3.63) is 46.0 Å². The Bertz CT molecular complexity index is 652. The molecule has 1 aromatic heterocycles. The third kappa shape index (κ3) is 2.46. The van der Waals surface area contributed by atoms with Crippen LogP contribution in [0.4, 0.5) is 4.39 Å². The van der Waals surface area contributed by atoms with Crippen molar-refractivity contribution in [3.63, 3.8) is 0 Å². The minimum Gasteiger partial charge on any atom is -0.495 e. The van der Waals surface area contributed by atoms with E-state index < -0.39 is 11.6 Å². The molecule has 0 aliphatic rings. The monoisotopic (exact) mass is 282 g/mol. The van der Waals surface area contributed by atoms with Crippen molar-refractivity contribution < 1.29 is 13.9 Å². The molecule has 4 nitrogen and oxygen atoms in total. The zero-order valence-electron chi connectivity index (χ0n) is 10.7. The number of nitrogens with zero attached hydrogens (tertiary/aromatic N) is 2. The van der Waals surface area contributed by atoms with Gasteiger partial charge >= 0.3 is 0 Å². The van der Waals surface area contributed by atoms with Crippen LogP contribution in [0.3, 0.4) is 0 Å². The van der Waals surface area contributed by atoms with E-state index in [0.29, 0.717) is 11.4 Å².